The Bertz CT molecular complexity index is 650. The highest BCUT2D eigenvalue weighted by Gasteiger charge is 2.47. The van der Waals surface area contributed by atoms with Gasteiger partial charge in [0.1, 0.15) is 11.4 Å². The summed E-state index contributed by atoms with van der Waals surface area (Å²) in [6.45, 7) is 7.28. The van der Waals surface area contributed by atoms with E-state index in [1.165, 1.54) is 0 Å². The lowest BCUT2D eigenvalue weighted by atomic mass is 10.0. The van der Waals surface area contributed by atoms with E-state index in [-0.39, 0.29) is 24.0 Å². The van der Waals surface area contributed by atoms with Gasteiger partial charge in [-0.2, -0.15) is 0 Å². The number of rotatable bonds is 3. The molecule has 0 spiro atoms. The topological polar surface area (TPSA) is 59.1 Å². The zero-order chi connectivity index (χ0) is 18.2. The molecule has 6 nitrogen and oxygen atoms in total. The number of nitrogens with zero attached hydrogens (tertiary/aromatic N) is 2. The fourth-order valence-electron chi connectivity index (χ4n) is 3.54. The zero-order valence-electron chi connectivity index (χ0n) is 15.3. The predicted molar refractivity (Wildman–Crippen MR) is 93.2 cm³/mol. The zero-order valence-corrected chi connectivity index (χ0v) is 15.3. The Morgan fingerprint density at radius 3 is 2.48 bits per heavy atom. The summed E-state index contributed by atoms with van der Waals surface area (Å²) < 4.78 is 10.6. The fourth-order valence-corrected chi connectivity index (χ4v) is 3.54. The van der Waals surface area contributed by atoms with Crippen LogP contribution in [0.4, 0.5) is 4.79 Å². The fraction of sp³-hybridized carbons (Fsp3) is 0.579. The SMILES string of the molecule is COc1ccc(CN2C(=O)CC3CN(C(=O)OC(C)(C)C)CC32)cc1. The van der Waals surface area contributed by atoms with Gasteiger partial charge >= 0.3 is 6.09 Å². The molecule has 6 heteroatoms. The Balaban J connectivity index is 1.66. The second-order valence-electron chi connectivity index (χ2n) is 7.79. The number of benzene rings is 1. The van der Waals surface area contributed by atoms with Crippen molar-refractivity contribution in [3.8, 4) is 5.75 Å². The molecule has 2 saturated heterocycles. The molecule has 3 rings (SSSR count). The van der Waals surface area contributed by atoms with E-state index in [9.17, 15) is 9.59 Å². The number of fused-ring (bicyclic) bond motifs is 1. The smallest absolute Gasteiger partial charge is 0.410 e. The summed E-state index contributed by atoms with van der Waals surface area (Å²) in [6, 6.07) is 7.81. The van der Waals surface area contributed by atoms with Crippen molar-refractivity contribution in [3.05, 3.63) is 29.8 Å². The van der Waals surface area contributed by atoms with Gasteiger partial charge in [-0.05, 0) is 38.5 Å². The predicted octanol–water partition coefficient (Wildman–Crippen LogP) is 2.66. The third-order valence-corrected chi connectivity index (χ3v) is 4.73. The Labute approximate surface area is 148 Å². The molecule has 2 aliphatic heterocycles. The van der Waals surface area contributed by atoms with Crippen molar-refractivity contribution in [1.29, 1.82) is 0 Å². The molecule has 0 radical (unpaired) electrons. The molecule has 2 fully saturated rings. The number of ether oxygens (including phenoxy) is 2. The van der Waals surface area contributed by atoms with Crippen LogP contribution in [0.25, 0.3) is 0 Å². The van der Waals surface area contributed by atoms with E-state index in [1.807, 2.05) is 49.9 Å². The average Bonchev–Trinajstić information content (AvgIpc) is 3.06. The first-order valence-electron chi connectivity index (χ1n) is 8.67. The van der Waals surface area contributed by atoms with Crippen LogP contribution in [0.5, 0.6) is 5.75 Å². The van der Waals surface area contributed by atoms with Crippen LogP contribution >= 0.6 is 0 Å². The van der Waals surface area contributed by atoms with Crippen LogP contribution in [0.2, 0.25) is 0 Å². The van der Waals surface area contributed by atoms with Gasteiger partial charge in [0.05, 0.1) is 13.2 Å². The van der Waals surface area contributed by atoms with E-state index in [0.29, 0.717) is 26.1 Å². The molecule has 2 heterocycles. The largest absolute Gasteiger partial charge is 0.497 e. The Kier molecular flexibility index (Phi) is 4.62. The van der Waals surface area contributed by atoms with Gasteiger partial charge in [-0.3, -0.25) is 4.79 Å². The van der Waals surface area contributed by atoms with Crippen LogP contribution < -0.4 is 4.74 Å². The first-order valence-corrected chi connectivity index (χ1v) is 8.67. The molecule has 136 valence electrons. The summed E-state index contributed by atoms with van der Waals surface area (Å²) in [5, 5.41) is 0. The molecule has 0 bridgehead atoms. The summed E-state index contributed by atoms with van der Waals surface area (Å²) >= 11 is 0. The monoisotopic (exact) mass is 346 g/mol. The van der Waals surface area contributed by atoms with E-state index < -0.39 is 5.60 Å². The van der Waals surface area contributed by atoms with Crippen molar-refractivity contribution < 1.29 is 19.1 Å². The highest BCUT2D eigenvalue weighted by atomic mass is 16.6. The van der Waals surface area contributed by atoms with Gasteiger partial charge in [0.2, 0.25) is 5.91 Å². The van der Waals surface area contributed by atoms with Gasteiger partial charge in [-0.15, -0.1) is 0 Å². The van der Waals surface area contributed by atoms with Gasteiger partial charge in [0, 0.05) is 32.0 Å². The molecule has 2 unspecified atom stereocenters. The van der Waals surface area contributed by atoms with Gasteiger partial charge in [-0.25, -0.2) is 4.79 Å². The van der Waals surface area contributed by atoms with Crippen molar-refractivity contribution in [1.82, 2.24) is 9.80 Å². The van der Waals surface area contributed by atoms with Crippen LogP contribution in [-0.2, 0) is 16.1 Å². The van der Waals surface area contributed by atoms with Gasteiger partial charge < -0.3 is 19.3 Å². The molecule has 1 aromatic carbocycles. The molecule has 2 atom stereocenters. The lowest BCUT2D eigenvalue weighted by molar-refractivity contribution is -0.129. The van der Waals surface area contributed by atoms with E-state index in [4.69, 9.17) is 9.47 Å². The first kappa shape index (κ1) is 17.6. The minimum atomic E-state index is -0.507. The minimum absolute atomic E-state index is 0.0714. The molecule has 25 heavy (non-hydrogen) atoms. The van der Waals surface area contributed by atoms with Crippen LogP contribution in [0, 0.1) is 5.92 Å². The highest BCUT2D eigenvalue weighted by Crippen LogP contribution is 2.34. The third-order valence-electron chi connectivity index (χ3n) is 4.73. The molecule has 0 N–H and O–H groups in total. The Morgan fingerprint density at radius 1 is 1.20 bits per heavy atom. The summed E-state index contributed by atoms with van der Waals surface area (Å²) in [4.78, 5) is 28.3. The van der Waals surface area contributed by atoms with Crippen molar-refractivity contribution in [3.63, 3.8) is 0 Å². The molecule has 0 aliphatic carbocycles. The average molecular weight is 346 g/mol. The van der Waals surface area contributed by atoms with E-state index in [1.54, 1.807) is 12.0 Å². The van der Waals surface area contributed by atoms with Crippen LogP contribution in [-0.4, -0.2) is 53.6 Å². The quantitative estimate of drug-likeness (QED) is 0.844. The number of carbonyl (C=O) groups excluding carboxylic acids is 2. The number of hydrogen-bond acceptors (Lipinski definition) is 4. The maximum atomic E-state index is 12.4. The summed E-state index contributed by atoms with van der Waals surface area (Å²) in [6.07, 6.45) is 0.207. The highest BCUT2D eigenvalue weighted by molar-refractivity contribution is 5.80. The van der Waals surface area contributed by atoms with E-state index in [2.05, 4.69) is 0 Å². The van der Waals surface area contributed by atoms with Gasteiger partial charge in [-0.1, -0.05) is 12.1 Å². The molecule has 0 aromatic heterocycles. The number of hydrogen-bond donors (Lipinski definition) is 0. The number of carbonyl (C=O) groups is 2. The second-order valence-corrected chi connectivity index (χ2v) is 7.79. The second kappa shape index (κ2) is 6.58. The van der Waals surface area contributed by atoms with Crippen LogP contribution in [0.15, 0.2) is 24.3 Å². The molecule has 0 saturated carbocycles. The molecule has 1 aromatic rings. The molecular weight excluding hydrogens is 320 g/mol. The maximum absolute atomic E-state index is 12.4. The lowest BCUT2D eigenvalue weighted by Crippen LogP contribution is -2.40. The van der Waals surface area contributed by atoms with E-state index >= 15 is 0 Å². The number of amides is 2. The standard InChI is InChI=1S/C19H26N2O4/c1-19(2,3)25-18(23)20-11-14-9-17(22)21(16(14)12-20)10-13-5-7-15(24-4)8-6-13/h5-8,14,16H,9-12H2,1-4H3. The van der Waals surface area contributed by atoms with Crippen molar-refractivity contribution >= 4 is 12.0 Å². The number of methoxy groups -OCH3 is 1. The lowest BCUT2D eigenvalue weighted by Gasteiger charge is -2.27. The third kappa shape index (κ3) is 3.89. The Hall–Kier alpha value is -2.24. The summed E-state index contributed by atoms with van der Waals surface area (Å²) in [5.41, 5.74) is 0.554. The van der Waals surface area contributed by atoms with Gasteiger partial charge in [0.15, 0.2) is 0 Å². The van der Waals surface area contributed by atoms with Crippen LogP contribution in [0.3, 0.4) is 0 Å². The van der Waals surface area contributed by atoms with Crippen molar-refractivity contribution in [2.45, 2.75) is 45.4 Å². The Morgan fingerprint density at radius 2 is 1.88 bits per heavy atom. The van der Waals surface area contributed by atoms with Crippen molar-refractivity contribution in [2.24, 2.45) is 5.92 Å². The number of likely N-dealkylation sites (tertiary alicyclic amines) is 2. The van der Waals surface area contributed by atoms with E-state index in [0.717, 1.165) is 11.3 Å². The maximum Gasteiger partial charge on any atom is 0.410 e. The van der Waals surface area contributed by atoms with Crippen molar-refractivity contribution in [2.75, 3.05) is 20.2 Å². The first-order chi connectivity index (χ1) is 11.8. The molecule has 2 aliphatic rings. The minimum Gasteiger partial charge on any atom is -0.497 e. The summed E-state index contributed by atoms with van der Waals surface area (Å²) in [5.74, 6) is 1.15. The summed E-state index contributed by atoms with van der Waals surface area (Å²) in [7, 11) is 1.63. The van der Waals surface area contributed by atoms with Gasteiger partial charge in [0.25, 0.3) is 0 Å². The normalized spacial score (nSPS) is 23.0. The van der Waals surface area contributed by atoms with Crippen LogP contribution in [0.1, 0.15) is 32.8 Å². The molecule has 2 amide bonds. The molecular formula is C19H26N2O4.